The molecule has 0 spiro atoms. The Hall–Kier alpha value is -2.26. The van der Waals surface area contributed by atoms with Gasteiger partial charge in [-0.25, -0.2) is 4.98 Å². The highest BCUT2D eigenvalue weighted by atomic mass is 79.9. The molecule has 9 heteroatoms. The van der Waals surface area contributed by atoms with E-state index in [9.17, 15) is 4.79 Å². The van der Waals surface area contributed by atoms with E-state index in [1.807, 2.05) is 6.07 Å². The third-order valence-electron chi connectivity index (χ3n) is 2.64. The number of nitrogens with zero attached hydrogens (tertiary/aromatic N) is 4. The van der Waals surface area contributed by atoms with Crippen molar-refractivity contribution in [3.8, 4) is 11.5 Å². The molecule has 0 saturated carbocycles. The minimum Gasteiger partial charge on any atom is -0.411 e. The van der Waals surface area contributed by atoms with E-state index >= 15 is 0 Å². The largest absolute Gasteiger partial charge is 0.411 e. The van der Waals surface area contributed by atoms with Gasteiger partial charge in [-0.05, 0) is 40.2 Å². The van der Waals surface area contributed by atoms with Gasteiger partial charge < -0.3 is 9.73 Å². The molecule has 1 N–H and O–H groups in total. The van der Waals surface area contributed by atoms with E-state index in [-0.39, 0.29) is 11.7 Å². The van der Waals surface area contributed by atoms with Crippen LogP contribution in [0, 0.1) is 0 Å². The fourth-order valence-electron chi connectivity index (χ4n) is 1.63. The SMILES string of the molecule is O=C(CSc1nnc(-c2cccnc2)o1)Nc1ccc(Br)cn1. The van der Waals surface area contributed by atoms with Crippen LogP contribution < -0.4 is 5.32 Å². The maximum Gasteiger partial charge on any atom is 0.277 e. The van der Waals surface area contributed by atoms with E-state index in [0.29, 0.717) is 16.9 Å². The van der Waals surface area contributed by atoms with Crippen LogP contribution in [0.3, 0.4) is 0 Å². The lowest BCUT2D eigenvalue weighted by molar-refractivity contribution is -0.113. The van der Waals surface area contributed by atoms with Crippen molar-refractivity contribution in [3.05, 3.63) is 47.3 Å². The number of rotatable bonds is 5. The number of hydrogen-bond acceptors (Lipinski definition) is 7. The van der Waals surface area contributed by atoms with Crippen LogP contribution in [0.15, 0.2) is 57.0 Å². The highest BCUT2D eigenvalue weighted by Crippen LogP contribution is 2.22. The molecule has 0 unspecified atom stereocenters. The maximum atomic E-state index is 11.9. The molecule has 3 heterocycles. The molecule has 0 aliphatic rings. The average Bonchev–Trinajstić information content (AvgIpc) is 3.05. The zero-order chi connectivity index (χ0) is 16.1. The molecule has 0 bridgehead atoms. The summed E-state index contributed by atoms with van der Waals surface area (Å²) in [6.45, 7) is 0. The predicted molar refractivity (Wildman–Crippen MR) is 88.8 cm³/mol. The Morgan fingerprint density at radius 2 is 2.17 bits per heavy atom. The van der Waals surface area contributed by atoms with Crippen molar-refractivity contribution in [2.75, 3.05) is 11.1 Å². The second-order valence-corrected chi connectivity index (χ2v) is 6.16. The highest BCUT2D eigenvalue weighted by molar-refractivity contribution is 9.10. The molecule has 3 aromatic rings. The van der Waals surface area contributed by atoms with Crippen molar-refractivity contribution in [3.63, 3.8) is 0 Å². The van der Waals surface area contributed by atoms with Crippen LogP contribution in [0.5, 0.6) is 0 Å². The zero-order valence-electron chi connectivity index (χ0n) is 11.6. The van der Waals surface area contributed by atoms with Crippen molar-refractivity contribution in [2.24, 2.45) is 0 Å². The minimum absolute atomic E-state index is 0.145. The van der Waals surface area contributed by atoms with Gasteiger partial charge in [-0.1, -0.05) is 11.8 Å². The highest BCUT2D eigenvalue weighted by Gasteiger charge is 2.11. The van der Waals surface area contributed by atoms with Gasteiger partial charge in [-0.15, -0.1) is 10.2 Å². The Morgan fingerprint density at radius 1 is 1.26 bits per heavy atom. The van der Waals surface area contributed by atoms with Gasteiger partial charge in [-0.2, -0.15) is 0 Å². The average molecular weight is 392 g/mol. The smallest absolute Gasteiger partial charge is 0.277 e. The van der Waals surface area contributed by atoms with E-state index in [1.54, 1.807) is 36.8 Å². The van der Waals surface area contributed by atoms with Gasteiger partial charge in [0.15, 0.2) is 0 Å². The number of nitrogens with one attached hydrogen (secondary N) is 1. The summed E-state index contributed by atoms with van der Waals surface area (Å²) in [5.74, 6) is 0.800. The summed E-state index contributed by atoms with van der Waals surface area (Å²) in [7, 11) is 0. The molecule has 0 fully saturated rings. The molecule has 0 atom stereocenters. The van der Waals surface area contributed by atoms with Gasteiger partial charge in [0.2, 0.25) is 11.8 Å². The first kappa shape index (κ1) is 15.6. The first-order valence-electron chi connectivity index (χ1n) is 6.49. The summed E-state index contributed by atoms with van der Waals surface area (Å²) >= 11 is 4.44. The molecular formula is C14H10BrN5O2S. The number of aromatic nitrogens is 4. The van der Waals surface area contributed by atoms with Crippen LogP contribution in [-0.4, -0.2) is 31.8 Å². The van der Waals surface area contributed by atoms with Gasteiger partial charge in [0.25, 0.3) is 5.22 Å². The minimum atomic E-state index is -0.203. The summed E-state index contributed by atoms with van der Waals surface area (Å²) in [5, 5.41) is 10.8. The molecule has 0 saturated heterocycles. The quantitative estimate of drug-likeness (QED) is 0.667. The number of pyridine rings is 2. The molecular weight excluding hydrogens is 382 g/mol. The standard InChI is InChI=1S/C14H10BrN5O2S/c15-10-3-4-11(17-7-10)18-12(21)8-23-14-20-19-13(22-14)9-2-1-5-16-6-9/h1-7H,8H2,(H,17,18,21). The summed E-state index contributed by atoms with van der Waals surface area (Å²) < 4.78 is 6.33. The Bertz CT molecular complexity index is 794. The van der Waals surface area contributed by atoms with Crippen LogP contribution >= 0.6 is 27.7 Å². The third kappa shape index (κ3) is 4.36. The van der Waals surface area contributed by atoms with Crippen molar-refractivity contribution in [1.29, 1.82) is 0 Å². The van der Waals surface area contributed by atoms with Crippen LogP contribution in [0.4, 0.5) is 5.82 Å². The fourth-order valence-corrected chi connectivity index (χ4v) is 2.43. The van der Waals surface area contributed by atoms with Gasteiger partial charge in [0.1, 0.15) is 5.82 Å². The Kier molecular flexibility index (Phi) is 4.99. The van der Waals surface area contributed by atoms with Crippen molar-refractivity contribution in [1.82, 2.24) is 20.2 Å². The van der Waals surface area contributed by atoms with Crippen LogP contribution in [0.25, 0.3) is 11.5 Å². The van der Waals surface area contributed by atoms with Crippen molar-refractivity contribution in [2.45, 2.75) is 5.22 Å². The van der Waals surface area contributed by atoms with Crippen LogP contribution in [-0.2, 0) is 4.79 Å². The summed E-state index contributed by atoms with van der Waals surface area (Å²) in [6.07, 6.45) is 4.91. The Morgan fingerprint density at radius 3 is 2.91 bits per heavy atom. The van der Waals surface area contributed by atoms with E-state index in [1.165, 1.54) is 0 Å². The van der Waals surface area contributed by atoms with E-state index in [4.69, 9.17) is 4.42 Å². The zero-order valence-corrected chi connectivity index (χ0v) is 14.0. The number of amides is 1. The van der Waals surface area contributed by atoms with Crippen LogP contribution in [0.1, 0.15) is 0 Å². The molecule has 0 aliphatic heterocycles. The summed E-state index contributed by atoms with van der Waals surface area (Å²) in [5.41, 5.74) is 0.732. The van der Waals surface area contributed by atoms with Gasteiger partial charge in [-0.3, -0.25) is 9.78 Å². The van der Waals surface area contributed by atoms with Gasteiger partial charge in [0.05, 0.1) is 11.3 Å². The molecule has 0 radical (unpaired) electrons. The summed E-state index contributed by atoms with van der Waals surface area (Å²) in [4.78, 5) is 19.9. The first-order chi connectivity index (χ1) is 11.2. The number of anilines is 1. The molecule has 23 heavy (non-hydrogen) atoms. The van der Waals surface area contributed by atoms with Gasteiger partial charge >= 0.3 is 0 Å². The second-order valence-electron chi connectivity index (χ2n) is 4.31. The van der Waals surface area contributed by atoms with E-state index < -0.39 is 0 Å². The van der Waals surface area contributed by atoms with Gasteiger partial charge in [0, 0.05) is 23.1 Å². The predicted octanol–water partition coefficient (Wildman–Crippen LogP) is 3.02. The number of carbonyl (C=O) groups excluding carboxylic acids is 1. The second kappa shape index (κ2) is 7.34. The number of hydrogen-bond donors (Lipinski definition) is 1. The van der Waals surface area contributed by atoms with Crippen molar-refractivity contribution >= 4 is 39.4 Å². The molecule has 116 valence electrons. The Balaban J connectivity index is 1.55. The summed E-state index contributed by atoms with van der Waals surface area (Å²) in [6, 6.07) is 7.11. The monoisotopic (exact) mass is 391 g/mol. The molecule has 3 rings (SSSR count). The lowest BCUT2D eigenvalue weighted by Gasteiger charge is -2.02. The van der Waals surface area contributed by atoms with E-state index in [0.717, 1.165) is 21.8 Å². The lowest BCUT2D eigenvalue weighted by atomic mass is 10.3. The molecule has 0 aromatic carbocycles. The Labute approximate surface area is 144 Å². The van der Waals surface area contributed by atoms with E-state index in [2.05, 4.69) is 41.4 Å². The molecule has 3 aromatic heterocycles. The lowest BCUT2D eigenvalue weighted by Crippen LogP contribution is -2.14. The topological polar surface area (TPSA) is 93.8 Å². The number of thioether (sulfide) groups is 1. The molecule has 1 amide bonds. The van der Waals surface area contributed by atoms with Crippen molar-refractivity contribution < 1.29 is 9.21 Å². The maximum absolute atomic E-state index is 11.9. The third-order valence-corrected chi connectivity index (χ3v) is 3.92. The fraction of sp³-hybridized carbons (Fsp3) is 0.0714. The normalized spacial score (nSPS) is 10.5. The van der Waals surface area contributed by atoms with Crippen LogP contribution in [0.2, 0.25) is 0 Å². The molecule has 0 aliphatic carbocycles. The first-order valence-corrected chi connectivity index (χ1v) is 8.27. The number of halogens is 1. The number of carbonyl (C=O) groups is 1. The molecule has 7 nitrogen and oxygen atoms in total.